The molecule has 1 heterocycles. The van der Waals surface area contributed by atoms with Gasteiger partial charge in [-0.05, 0) is 18.4 Å². The summed E-state index contributed by atoms with van der Waals surface area (Å²) in [7, 11) is 0. The maximum atomic E-state index is 9.60. The molecule has 2 rings (SSSR count). The van der Waals surface area contributed by atoms with Crippen molar-refractivity contribution in [3.63, 3.8) is 0 Å². The summed E-state index contributed by atoms with van der Waals surface area (Å²) in [5.41, 5.74) is 2.23. The lowest BCUT2D eigenvalue weighted by molar-refractivity contribution is 0.451. The first-order chi connectivity index (χ1) is 10.2. The van der Waals surface area contributed by atoms with Gasteiger partial charge in [0.25, 0.3) is 0 Å². The first-order valence-corrected chi connectivity index (χ1v) is 7.30. The molecule has 1 aromatic heterocycles. The minimum absolute atomic E-state index is 0.0892. The topological polar surface area (TPSA) is 69.8 Å². The SMILES string of the molecule is CCCCCCc1ccc(-c2ncc(C#N)c(O)n2)cc1. The molecule has 0 aliphatic heterocycles. The number of aromatic nitrogens is 2. The van der Waals surface area contributed by atoms with E-state index in [1.165, 1.54) is 37.4 Å². The molecule has 2 aromatic rings. The Morgan fingerprint density at radius 2 is 1.90 bits per heavy atom. The highest BCUT2D eigenvalue weighted by Crippen LogP contribution is 2.20. The fourth-order valence-corrected chi connectivity index (χ4v) is 2.17. The molecule has 0 radical (unpaired) electrons. The first-order valence-electron chi connectivity index (χ1n) is 7.30. The van der Waals surface area contributed by atoms with E-state index in [1.54, 1.807) is 0 Å². The molecule has 21 heavy (non-hydrogen) atoms. The third-order valence-corrected chi connectivity index (χ3v) is 3.42. The molecule has 0 saturated carbocycles. The molecule has 0 aliphatic carbocycles. The number of nitrogens with zero attached hydrogens (tertiary/aromatic N) is 3. The predicted octanol–water partition coefficient (Wildman–Crippen LogP) is 3.84. The molecule has 0 spiro atoms. The Labute approximate surface area is 125 Å². The van der Waals surface area contributed by atoms with E-state index in [0.717, 1.165) is 12.0 Å². The van der Waals surface area contributed by atoms with Crippen molar-refractivity contribution < 1.29 is 5.11 Å². The number of unbranched alkanes of at least 4 members (excludes halogenated alkanes) is 3. The number of aromatic hydroxyl groups is 1. The van der Waals surface area contributed by atoms with Gasteiger partial charge in [-0.2, -0.15) is 10.2 Å². The number of hydrogen-bond donors (Lipinski definition) is 1. The number of aryl methyl sites for hydroxylation is 1. The Morgan fingerprint density at radius 1 is 1.14 bits per heavy atom. The van der Waals surface area contributed by atoms with Crippen molar-refractivity contribution in [2.75, 3.05) is 0 Å². The standard InChI is InChI=1S/C17H19N3O/c1-2-3-4-5-6-13-7-9-14(10-8-13)16-19-12-15(11-18)17(21)20-16/h7-10,12H,2-6H2,1H3,(H,19,20,21). The number of nitriles is 1. The maximum absolute atomic E-state index is 9.60. The molecule has 0 bridgehead atoms. The van der Waals surface area contributed by atoms with Crippen LogP contribution in [0.4, 0.5) is 0 Å². The van der Waals surface area contributed by atoms with Crippen molar-refractivity contribution in [2.24, 2.45) is 0 Å². The molecule has 0 saturated heterocycles. The van der Waals surface area contributed by atoms with Gasteiger partial charge >= 0.3 is 0 Å². The van der Waals surface area contributed by atoms with Crippen molar-refractivity contribution in [3.8, 4) is 23.3 Å². The van der Waals surface area contributed by atoms with Gasteiger partial charge in [0.05, 0.1) is 6.20 Å². The van der Waals surface area contributed by atoms with Crippen LogP contribution in [0.2, 0.25) is 0 Å². The van der Waals surface area contributed by atoms with Crippen LogP contribution in [0.25, 0.3) is 11.4 Å². The van der Waals surface area contributed by atoms with Gasteiger partial charge in [0.1, 0.15) is 11.6 Å². The van der Waals surface area contributed by atoms with Gasteiger partial charge in [-0.3, -0.25) is 0 Å². The van der Waals surface area contributed by atoms with Crippen molar-refractivity contribution >= 4 is 0 Å². The number of rotatable bonds is 6. The second kappa shape index (κ2) is 7.39. The Bertz CT molecular complexity index is 629. The van der Waals surface area contributed by atoms with E-state index in [-0.39, 0.29) is 11.4 Å². The molecule has 1 N–H and O–H groups in total. The van der Waals surface area contributed by atoms with Gasteiger partial charge in [-0.1, -0.05) is 50.5 Å². The van der Waals surface area contributed by atoms with Gasteiger partial charge in [-0.25, -0.2) is 4.98 Å². The zero-order valence-corrected chi connectivity index (χ0v) is 12.2. The summed E-state index contributed by atoms with van der Waals surface area (Å²) in [5.74, 6) is 0.162. The molecule has 0 atom stereocenters. The van der Waals surface area contributed by atoms with Gasteiger partial charge in [-0.15, -0.1) is 0 Å². The van der Waals surface area contributed by atoms with Crippen LogP contribution in [-0.4, -0.2) is 15.1 Å². The summed E-state index contributed by atoms with van der Waals surface area (Å²) < 4.78 is 0. The third kappa shape index (κ3) is 4.03. The minimum Gasteiger partial charge on any atom is -0.492 e. The predicted molar refractivity (Wildman–Crippen MR) is 81.7 cm³/mol. The van der Waals surface area contributed by atoms with Crippen LogP contribution in [0.15, 0.2) is 30.5 Å². The summed E-state index contributed by atoms with van der Waals surface area (Å²) in [5, 5.41) is 18.3. The Kier molecular flexibility index (Phi) is 5.28. The Morgan fingerprint density at radius 3 is 2.52 bits per heavy atom. The molecular weight excluding hydrogens is 262 g/mol. The van der Waals surface area contributed by atoms with Crippen LogP contribution in [0.5, 0.6) is 5.88 Å². The largest absolute Gasteiger partial charge is 0.492 e. The third-order valence-electron chi connectivity index (χ3n) is 3.42. The van der Waals surface area contributed by atoms with Crippen LogP contribution in [0.1, 0.15) is 43.7 Å². The average molecular weight is 281 g/mol. The van der Waals surface area contributed by atoms with Gasteiger partial charge in [0, 0.05) is 5.56 Å². The Balaban J connectivity index is 2.05. The monoisotopic (exact) mass is 281 g/mol. The van der Waals surface area contributed by atoms with Crippen LogP contribution >= 0.6 is 0 Å². The number of hydrogen-bond acceptors (Lipinski definition) is 4. The molecule has 4 heteroatoms. The summed E-state index contributed by atoms with van der Waals surface area (Å²) in [6, 6.07) is 9.89. The van der Waals surface area contributed by atoms with Crippen molar-refractivity contribution in [2.45, 2.75) is 39.0 Å². The normalized spacial score (nSPS) is 10.3. The summed E-state index contributed by atoms with van der Waals surface area (Å²) in [6.45, 7) is 2.21. The van der Waals surface area contributed by atoms with Gasteiger partial charge in [0.15, 0.2) is 5.82 Å². The molecular formula is C17H19N3O. The molecule has 0 unspecified atom stereocenters. The second-order valence-electron chi connectivity index (χ2n) is 5.05. The molecule has 108 valence electrons. The fraction of sp³-hybridized carbons (Fsp3) is 0.353. The molecule has 4 nitrogen and oxygen atoms in total. The average Bonchev–Trinajstić information content (AvgIpc) is 2.52. The van der Waals surface area contributed by atoms with E-state index in [2.05, 4.69) is 29.0 Å². The smallest absolute Gasteiger partial charge is 0.232 e. The van der Waals surface area contributed by atoms with Crippen molar-refractivity contribution in [3.05, 3.63) is 41.6 Å². The van der Waals surface area contributed by atoms with E-state index in [0.29, 0.717) is 5.82 Å². The first kappa shape index (κ1) is 15.0. The molecule has 0 fully saturated rings. The highest BCUT2D eigenvalue weighted by atomic mass is 16.3. The van der Waals surface area contributed by atoms with Crippen LogP contribution in [0, 0.1) is 11.3 Å². The number of benzene rings is 1. The quantitative estimate of drug-likeness (QED) is 0.817. The second-order valence-corrected chi connectivity index (χ2v) is 5.05. The van der Waals surface area contributed by atoms with E-state index in [1.807, 2.05) is 18.2 Å². The van der Waals surface area contributed by atoms with Gasteiger partial charge in [0.2, 0.25) is 5.88 Å². The van der Waals surface area contributed by atoms with Crippen molar-refractivity contribution in [1.29, 1.82) is 5.26 Å². The molecule has 0 aliphatic rings. The lowest BCUT2D eigenvalue weighted by atomic mass is 10.0. The lowest BCUT2D eigenvalue weighted by Crippen LogP contribution is -1.92. The van der Waals surface area contributed by atoms with Gasteiger partial charge < -0.3 is 5.11 Å². The van der Waals surface area contributed by atoms with E-state index in [9.17, 15) is 5.11 Å². The van der Waals surface area contributed by atoms with E-state index < -0.39 is 0 Å². The highest BCUT2D eigenvalue weighted by Gasteiger charge is 2.07. The summed E-state index contributed by atoms with van der Waals surface area (Å²) >= 11 is 0. The minimum atomic E-state index is -0.272. The van der Waals surface area contributed by atoms with E-state index in [4.69, 9.17) is 5.26 Å². The van der Waals surface area contributed by atoms with Crippen LogP contribution < -0.4 is 0 Å². The zero-order valence-electron chi connectivity index (χ0n) is 12.2. The highest BCUT2D eigenvalue weighted by molar-refractivity contribution is 5.56. The molecule has 1 aromatic carbocycles. The van der Waals surface area contributed by atoms with Crippen molar-refractivity contribution in [1.82, 2.24) is 9.97 Å². The lowest BCUT2D eigenvalue weighted by Gasteiger charge is -2.04. The maximum Gasteiger partial charge on any atom is 0.232 e. The zero-order chi connectivity index (χ0) is 15.1. The molecule has 0 amide bonds. The summed E-state index contributed by atoms with van der Waals surface area (Å²) in [4.78, 5) is 8.06. The summed E-state index contributed by atoms with van der Waals surface area (Å²) in [6.07, 6.45) is 7.44. The van der Waals surface area contributed by atoms with Crippen LogP contribution in [-0.2, 0) is 6.42 Å². The fourth-order valence-electron chi connectivity index (χ4n) is 2.17. The Hall–Kier alpha value is -2.41. The van der Waals surface area contributed by atoms with Crippen LogP contribution in [0.3, 0.4) is 0 Å². The van der Waals surface area contributed by atoms with E-state index >= 15 is 0 Å².